The molecule has 1 saturated carbocycles. The van der Waals surface area contributed by atoms with E-state index in [-0.39, 0.29) is 35.0 Å². The molecule has 7 nitrogen and oxygen atoms in total. The quantitative estimate of drug-likeness (QED) is 0.658. The highest BCUT2D eigenvalue weighted by Crippen LogP contribution is 2.29. The average Bonchev–Trinajstić information content (AvgIpc) is 3.19. The lowest BCUT2D eigenvalue weighted by atomic mass is 10.1. The Bertz CT molecular complexity index is 996. The van der Waals surface area contributed by atoms with E-state index in [1.165, 1.54) is 17.8 Å². The molecule has 162 valence electrons. The van der Waals surface area contributed by atoms with Crippen LogP contribution in [0.2, 0.25) is 0 Å². The second kappa shape index (κ2) is 8.79. The maximum absolute atomic E-state index is 14.5. The van der Waals surface area contributed by atoms with Gasteiger partial charge in [0.25, 0.3) is 5.56 Å². The number of amides is 1. The number of fused-ring (bicyclic) bond motifs is 1. The monoisotopic (exact) mass is 438 g/mol. The summed E-state index contributed by atoms with van der Waals surface area (Å²) < 4.78 is 28.9. The highest BCUT2D eigenvalue weighted by Gasteiger charge is 2.31. The van der Waals surface area contributed by atoms with Crippen LogP contribution in [0.25, 0.3) is 10.9 Å². The van der Waals surface area contributed by atoms with Crippen molar-refractivity contribution in [2.75, 3.05) is 18.4 Å². The van der Waals surface area contributed by atoms with Crippen LogP contribution < -0.4 is 10.9 Å². The lowest BCUT2D eigenvalue weighted by molar-refractivity contribution is 0.110. The number of H-pyrrole nitrogens is 1. The zero-order valence-corrected chi connectivity index (χ0v) is 17.2. The minimum atomic E-state index is -1.29. The zero-order chi connectivity index (χ0) is 21.3. The van der Waals surface area contributed by atoms with Gasteiger partial charge in [0.05, 0.1) is 17.8 Å². The van der Waals surface area contributed by atoms with E-state index in [0.29, 0.717) is 24.0 Å². The summed E-state index contributed by atoms with van der Waals surface area (Å²) in [5, 5.41) is 11.8. The SMILES string of the molecule is O=C(O)N1CC[C@@H](SCc2nc3cc(NC4CCCC4)cc(F)c3c(=O)[nH]2)[C@@H](F)C1. The first-order chi connectivity index (χ1) is 14.4. The largest absolute Gasteiger partial charge is 0.465 e. The summed E-state index contributed by atoms with van der Waals surface area (Å²) >= 11 is 1.29. The normalized spacial score (nSPS) is 22.5. The van der Waals surface area contributed by atoms with Crippen LogP contribution in [0.5, 0.6) is 0 Å². The minimum Gasteiger partial charge on any atom is -0.465 e. The molecule has 0 unspecified atom stereocenters. The molecule has 2 aromatic rings. The van der Waals surface area contributed by atoms with Crippen molar-refractivity contribution >= 4 is 34.4 Å². The van der Waals surface area contributed by atoms with Crippen LogP contribution in [-0.4, -0.2) is 56.6 Å². The number of anilines is 1. The van der Waals surface area contributed by atoms with E-state index in [4.69, 9.17) is 5.11 Å². The molecule has 10 heteroatoms. The first-order valence-corrected chi connectivity index (χ1v) is 11.2. The van der Waals surface area contributed by atoms with Gasteiger partial charge in [-0.3, -0.25) is 4.79 Å². The van der Waals surface area contributed by atoms with Gasteiger partial charge in [-0.25, -0.2) is 18.6 Å². The van der Waals surface area contributed by atoms with Crippen molar-refractivity contribution in [3.8, 4) is 0 Å². The molecule has 2 atom stereocenters. The van der Waals surface area contributed by atoms with E-state index in [1.807, 2.05) is 0 Å². The molecule has 30 heavy (non-hydrogen) atoms. The van der Waals surface area contributed by atoms with Gasteiger partial charge in [-0.1, -0.05) is 12.8 Å². The van der Waals surface area contributed by atoms with Crippen LogP contribution in [0.15, 0.2) is 16.9 Å². The van der Waals surface area contributed by atoms with E-state index in [1.54, 1.807) is 6.07 Å². The Kier molecular flexibility index (Phi) is 6.12. The molecule has 3 N–H and O–H groups in total. The number of nitrogens with zero attached hydrogens (tertiary/aromatic N) is 2. The lowest BCUT2D eigenvalue weighted by Crippen LogP contribution is -2.45. The fraction of sp³-hybridized carbons (Fsp3) is 0.550. The highest BCUT2D eigenvalue weighted by atomic mass is 32.2. The first kappa shape index (κ1) is 20.9. The molecule has 1 aromatic heterocycles. The number of halogens is 2. The number of likely N-dealkylation sites (tertiary alicyclic amines) is 1. The van der Waals surface area contributed by atoms with Crippen LogP contribution in [0, 0.1) is 5.82 Å². The van der Waals surface area contributed by atoms with E-state index in [9.17, 15) is 18.4 Å². The van der Waals surface area contributed by atoms with E-state index < -0.39 is 23.6 Å². The second-order valence-electron chi connectivity index (χ2n) is 7.87. The van der Waals surface area contributed by atoms with Crippen LogP contribution in [-0.2, 0) is 5.75 Å². The summed E-state index contributed by atoms with van der Waals surface area (Å²) in [4.78, 5) is 31.4. The molecular formula is C20H24F2N4O3S. The van der Waals surface area contributed by atoms with Gasteiger partial charge in [-0.05, 0) is 31.4 Å². The standard InChI is InChI=1S/C20H24F2N4O3S/c21-13-7-12(23-11-3-1-2-4-11)8-15-18(13)19(27)25-17(24-15)10-30-16-5-6-26(20(28)29)9-14(16)22/h7-8,11,14,16,23H,1-6,9-10H2,(H,28,29)(H,24,25,27)/t14-,16+/m0/s1. The van der Waals surface area contributed by atoms with Gasteiger partial charge < -0.3 is 20.3 Å². The van der Waals surface area contributed by atoms with Crippen molar-refractivity contribution in [2.45, 2.75) is 55.3 Å². The third-order valence-corrected chi connectivity index (χ3v) is 7.12. The van der Waals surface area contributed by atoms with Gasteiger partial charge >= 0.3 is 6.09 Å². The van der Waals surface area contributed by atoms with E-state index in [2.05, 4.69) is 15.3 Å². The van der Waals surface area contributed by atoms with Crippen molar-refractivity contribution in [3.05, 3.63) is 34.1 Å². The summed E-state index contributed by atoms with van der Waals surface area (Å²) in [6.45, 7) is 0.118. The minimum absolute atomic E-state index is 0.0844. The van der Waals surface area contributed by atoms with Gasteiger partial charge in [0.1, 0.15) is 23.2 Å². The molecule has 0 bridgehead atoms. The molecule has 1 amide bonds. The number of hydrogen-bond acceptors (Lipinski definition) is 5. The summed E-state index contributed by atoms with van der Waals surface area (Å²) in [5.41, 5.74) is 0.318. The fourth-order valence-corrected chi connectivity index (χ4v) is 5.24. The van der Waals surface area contributed by atoms with Gasteiger partial charge in [0, 0.05) is 23.5 Å². The number of piperidine rings is 1. The van der Waals surface area contributed by atoms with Crippen molar-refractivity contribution in [1.29, 1.82) is 0 Å². The van der Waals surface area contributed by atoms with Crippen molar-refractivity contribution in [1.82, 2.24) is 14.9 Å². The number of carbonyl (C=O) groups is 1. The molecule has 4 rings (SSSR count). The number of alkyl halides is 1. The van der Waals surface area contributed by atoms with Crippen LogP contribution >= 0.6 is 11.8 Å². The number of nitrogens with one attached hydrogen (secondary N) is 2. The predicted octanol–water partition coefficient (Wildman–Crippen LogP) is 3.74. The maximum Gasteiger partial charge on any atom is 0.407 e. The Balaban J connectivity index is 1.49. The molecule has 0 spiro atoms. The van der Waals surface area contributed by atoms with Gasteiger partial charge in [0.2, 0.25) is 0 Å². The summed E-state index contributed by atoms with van der Waals surface area (Å²) in [6.07, 6.45) is 2.35. The molecule has 1 aliphatic heterocycles. The molecule has 2 aliphatic rings. The third-order valence-electron chi connectivity index (χ3n) is 5.72. The molecule has 0 radical (unpaired) electrons. The van der Waals surface area contributed by atoms with Crippen LogP contribution in [0.1, 0.15) is 37.9 Å². The van der Waals surface area contributed by atoms with Crippen molar-refractivity contribution in [2.24, 2.45) is 0 Å². The van der Waals surface area contributed by atoms with Gasteiger partial charge in [-0.2, -0.15) is 0 Å². The van der Waals surface area contributed by atoms with Gasteiger partial charge in [-0.15, -0.1) is 11.8 Å². The van der Waals surface area contributed by atoms with Crippen molar-refractivity contribution < 1.29 is 18.7 Å². The Morgan fingerprint density at radius 3 is 2.80 bits per heavy atom. The highest BCUT2D eigenvalue weighted by molar-refractivity contribution is 7.99. The molecule has 2 heterocycles. The van der Waals surface area contributed by atoms with Crippen LogP contribution in [0.3, 0.4) is 0 Å². The van der Waals surface area contributed by atoms with Crippen LogP contribution in [0.4, 0.5) is 19.3 Å². The third kappa shape index (κ3) is 4.53. The van der Waals surface area contributed by atoms with Crippen molar-refractivity contribution in [3.63, 3.8) is 0 Å². The number of carboxylic acid groups (broad SMARTS) is 1. The first-order valence-electron chi connectivity index (χ1n) is 10.1. The average molecular weight is 439 g/mol. The topological polar surface area (TPSA) is 98.3 Å². The maximum atomic E-state index is 14.5. The Morgan fingerprint density at radius 2 is 2.10 bits per heavy atom. The van der Waals surface area contributed by atoms with E-state index >= 15 is 0 Å². The number of thioether (sulfide) groups is 1. The molecule has 1 aliphatic carbocycles. The smallest absolute Gasteiger partial charge is 0.407 e. The Morgan fingerprint density at radius 1 is 1.33 bits per heavy atom. The number of hydrogen-bond donors (Lipinski definition) is 3. The second-order valence-corrected chi connectivity index (χ2v) is 9.10. The predicted molar refractivity (Wildman–Crippen MR) is 112 cm³/mol. The molecule has 1 saturated heterocycles. The number of aromatic amines is 1. The number of benzene rings is 1. The summed E-state index contributed by atoms with van der Waals surface area (Å²) in [6, 6.07) is 3.32. The molecule has 1 aromatic carbocycles. The zero-order valence-electron chi connectivity index (χ0n) is 16.4. The van der Waals surface area contributed by atoms with Gasteiger partial charge in [0.15, 0.2) is 0 Å². The summed E-state index contributed by atoms with van der Waals surface area (Å²) in [7, 11) is 0. The molecular weight excluding hydrogens is 414 g/mol. The van der Waals surface area contributed by atoms with E-state index in [0.717, 1.165) is 30.6 Å². The number of rotatable bonds is 5. The number of aromatic nitrogens is 2. The Hall–Kier alpha value is -2.36. The summed E-state index contributed by atoms with van der Waals surface area (Å²) in [5.74, 6) is -0.0146. The Labute approximate surface area is 176 Å². The molecule has 2 fully saturated rings. The lowest BCUT2D eigenvalue weighted by Gasteiger charge is -2.32. The fourth-order valence-electron chi connectivity index (χ4n) is 4.16.